The van der Waals surface area contributed by atoms with Gasteiger partial charge in [0.15, 0.2) is 4.34 Å². The van der Waals surface area contributed by atoms with Crippen molar-refractivity contribution in [1.29, 1.82) is 0 Å². The molecule has 7 heteroatoms. The Morgan fingerprint density at radius 2 is 2.12 bits per heavy atom. The van der Waals surface area contributed by atoms with Crippen molar-refractivity contribution in [2.45, 2.75) is 10.1 Å². The lowest BCUT2D eigenvalue weighted by Crippen LogP contribution is -1.83. The van der Waals surface area contributed by atoms with Gasteiger partial charge in [-0.2, -0.15) is 0 Å². The van der Waals surface area contributed by atoms with Crippen LogP contribution < -0.4 is 5.73 Å². The van der Waals surface area contributed by atoms with E-state index in [1.54, 1.807) is 6.07 Å². The van der Waals surface area contributed by atoms with Gasteiger partial charge in [0, 0.05) is 5.75 Å². The van der Waals surface area contributed by atoms with Crippen LogP contribution in [0.1, 0.15) is 5.56 Å². The molecule has 0 unspecified atom stereocenters. The van der Waals surface area contributed by atoms with Crippen LogP contribution >= 0.6 is 46.3 Å². The van der Waals surface area contributed by atoms with Gasteiger partial charge in [-0.05, 0) is 11.6 Å². The van der Waals surface area contributed by atoms with Crippen molar-refractivity contribution in [1.82, 2.24) is 10.2 Å². The number of nitrogens with zero attached hydrogens (tertiary/aromatic N) is 2. The molecule has 1 aromatic heterocycles. The maximum atomic E-state index is 6.06. The summed E-state index contributed by atoms with van der Waals surface area (Å²) < 4.78 is 0.827. The number of aromatic nitrogens is 2. The maximum absolute atomic E-state index is 6.06. The smallest absolute Gasteiger partial charge is 0.203 e. The summed E-state index contributed by atoms with van der Waals surface area (Å²) in [6.45, 7) is 0. The fraction of sp³-hybridized carbons (Fsp3) is 0.111. The Morgan fingerprint density at radius 1 is 1.31 bits per heavy atom. The van der Waals surface area contributed by atoms with Gasteiger partial charge in [0.2, 0.25) is 5.13 Å². The van der Waals surface area contributed by atoms with Crippen LogP contribution in [0.5, 0.6) is 0 Å². The first kappa shape index (κ1) is 12.0. The molecule has 0 bridgehead atoms. The highest BCUT2D eigenvalue weighted by Crippen LogP contribution is 2.32. The number of anilines is 1. The van der Waals surface area contributed by atoms with Gasteiger partial charge >= 0.3 is 0 Å². The Labute approximate surface area is 111 Å². The van der Waals surface area contributed by atoms with Crippen LogP contribution in [0.25, 0.3) is 0 Å². The summed E-state index contributed by atoms with van der Waals surface area (Å²) in [5.74, 6) is 0.702. The molecule has 16 heavy (non-hydrogen) atoms. The number of nitrogen functional groups attached to an aromatic ring is 1. The summed E-state index contributed by atoms with van der Waals surface area (Å²) in [5.41, 5.74) is 6.47. The molecular formula is C9H7Cl2N3S2. The van der Waals surface area contributed by atoms with Crippen molar-refractivity contribution in [2.75, 3.05) is 5.73 Å². The molecule has 2 N–H and O–H groups in total. The van der Waals surface area contributed by atoms with Gasteiger partial charge in [0.25, 0.3) is 0 Å². The molecule has 0 saturated carbocycles. The predicted molar refractivity (Wildman–Crippen MR) is 70.3 cm³/mol. The van der Waals surface area contributed by atoms with Gasteiger partial charge in [-0.1, -0.05) is 58.4 Å². The normalized spacial score (nSPS) is 10.6. The third-order valence-electron chi connectivity index (χ3n) is 1.80. The summed E-state index contributed by atoms with van der Waals surface area (Å²) in [6.07, 6.45) is 0. The molecule has 0 atom stereocenters. The monoisotopic (exact) mass is 291 g/mol. The van der Waals surface area contributed by atoms with Crippen LogP contribution in [0.2, 0.25) is 10.0 Å². The zero-order chi connectivity index (χ0) is 11.5. The molecule has 0 aliphatic heterocycles. The molecule has 1 heterocycles. The van der Waals surface area contributed by atoms with Gasteiger partial charge in [0.1, 0.15) is 0 Å². The van der Waals surface area contributed by atoms with Crippen LogP contribution in [0, 0.1) is 0 Å². The zero-order valence-electron chi connectivity index (χ0n) is 7.98. The third-order valence-corrected chi connectivity index (χ3v) is 4.60. The average molecular weight is 292 g/mol. The van der Waals surface area contributed by atoms with E-state index in [4.69, 9.17) is 28.9 Å². The number of rotatable bonds is 3. The van der Waals surface area contributed by atoms with E-state index in [0.717, 1.165) is 9.90 Å². The van der Waals surface area contributed by atoms with E-state index in [-0.39, 0.29) is 0 Å². The van der Waals surface area contributed by atoms with E-state index in [1.807, 2.05) is 12.1 Å². The lowest BCUT2D eigenvalue weighted by atomic mass is 10.2. The topological polar surface area (TPSA) is 51.8 Å². The van der Waals surface area contributed by atoms with Crippen molar-refractivity contribution < 1.29 is 0 Å². The van der Waals surface area contributed by atoms with Gasteiger partial charge in [-0.15, -0.1) is 10.2 Å². The lowest BCUT2D eigenvalue weighted by molar-refractivity contribution is 1.02. The van der Waals surface area contributed by atoms with Crippen LogP contribution in [0.3, 0.4) is 0 Å². The molecule has 0 fully saturated rings. The number of nitrogens with two attached hydrogens (primary N) is 1. The second kappa shape index (κ2) is 5.23. The second-order valence-electron chi connectivity index (χ2n) is 2.91. The third kappa shape index (κ3) is 2.79. The minimum absolute atomic E-state index is 0.472. The van der Waals surface area contributed by atoms with E-state index in [9.17, 15) is 0 Å². The van der Waals surface area contributed by atoms with Gasteiger partial charge in [-0.25, -0.2) is 0 Å². The highest BCUT2D eigenvalue weighted by atomic mass is 35.5. The molecule has 3 nitrogen and oxygen atoms in total. The number of halogens is 2. The Kier molecular flexibility index (Phi) is 3.91. The van der Waals surface area contributed by atoms with E-state index < -0.39 is 0 Å². The fourth-order valence-corrected chi connectivity index (χ4v) is 3.17. The summed E-state index contributed by atoms with van der Waals surface area (Å²) in [7, 11) is 0. The molecule has 84 valence electrons. The van der Waals surface area contributed by atoms with Gasteiger partial charge in [-0.3, -0.25) is 0 Å². The maximum Gasteiger partial charge on any atom is 0.203 e. The molecule has 0 aliphatic rings. The SMILES string of the molecule is Nc1nnc(SCc2cccc(Cl)c2Cl)s1. The quantitative estimate of drug-likeness (QED) is 0.876. The van der Waals surface area contributed by atoms with Gasteiger partial charge < -0.3 is 5.73 Å². The molecule has 0 saturated heterocycles. The Balaban J connectivity index is 2.07. The number of thioether (sulfide) groups is 1. The number of hydrogen-bond acceptors (Lipinski definition) is 5. The van der Waals surface area contributed by atoms with Crippen molar-refractivity contribution in [3.63, 3.8) is 0 Å². The van der Waals surface area contributed by atoms with E-state index in [1.165, 1.54) is 23.1 Å². The van der Waals surface area contributed by atoms with Crippen LogP contribution in [0.4, 0.5) is 5.13 Å². The van der Waals surface area contributed by atoms with Crippen molar-refractivity contribution >= 4 is 51.4 Å². The summed E-state index contributed by atoms with van der Waals surface area (Å²) in [6, 6.07) is 5.57. The lowest BCUT2D eigenvalue weighted by Gasteiger charge is -2.03. The van der Waals surface area contributed by atoms with E-state index in [2.05, 4.69) is 10.2 Å². The van der Waals surface area contributed by atoms with Crippen LogP contribution in [-0.4, -0.2) is 10.2 Å². The molecule has 0 radical (unpaired) electrons. The molecule has 0 amide bonds. The fourth-order valence-electron chi connectivity index (χ4n) is 1.08. The summed E-state index contributed by atoms with van der Waals surface area (Å²) >= 11 is 14.9. The Hall–Kier alpha value is -0.490. The van der Waals surface area contributed by atoms with Crippen molar-refractivity contribution in [2.24, 2.45) is 0 Å². The Bertz CT molecular complexity index is 501. The summed E-state index contributed by atoms with van der Waals surface area (Å²) in [5, 5.41) is 9.28. The molecule has 0 spiro atoms. The molecule has 2 aromatic rings. The van der Waals surface area contributed by atoms with E-state index >= 15 is 0 Å². The van der Waals surface area contributed by atoms with Crippen LogP contribution in [-0.2, 0) is 5.75 Å². The average Bonchev–Trinajstić information content (AvgIpc) is 2.67. The molecule has 0 aliphatic carbocycles. The van der Waals surface area contributed by atoms with Crippen LogP contribution in [0.15, 0.2) is 22.5 Å². The first-order valence-corrected chi connectivity index (χ1v) is 6.87. The molecule has 2 rings (SSSR count). The highest BCUT2D eigenvalue weighted by Gasteiger charge is 2.07. The molecule has 1 aromatic carbocycles. The summed E-state index contributed by atoms with van der Waals surface area (Å²) in [4.78, 5) is 0. The first-order valence-electron chi connectivity index (χ1n) is 4.31. The van der Waals surface area contributed by atoms with Crippen molar-refractivity contribution in [3.05, 3.63) is 33.8 Å². The second-order valence-corrected chi connectivity index (χ2v) is 5.92. The van der Waals surface area contributed by atoms with Crippen molar-refractivity contribution in [3.8, 4) is 0 Å². The number of hydrogen-bond donors (Lipinski definition) is 1. The molecular weight excluding hydrogens is 285 g/mol. The highest BCUT2D eigenvalue weighted by molar-refractivity contribution is 8.00. The predicted octanol–water partition coefficient (Wildman–Crippen LogP) is 3.72. The number of benzene rings is 1. The first-order chi connectivity index (χ1) is 7.66. The largest absolute Gasteiger partial charge is 0.374 e. The Morgan fingerprint density at radius 3 is 2.81 bits per heavy atom. The van der Waals surface area contributed by atoms with Gasteiger partial charge in [0.05, 0.1) is 10.0 Å². The minimum Gasteiger partial charge on any atom is -0.374 e. The minimum atomic E-state index is 0.472. The standard InChI is InChI=1S/C9H7Cl2N3S2/c10-6-3-1-2-5(7(6)11)4-15-9-14-13-8(12)16-9/h1-3H,4H2,(H2,12,13). The van der Waals surface area contributed by atoms with E-state index in [0.29, 0.717) is 20.9 Å². The zero-order valence-corrected chi connectivity index (χ0v) is 11.1.